The van der Waals surface area contributed by atoms with Crippen molar-refractivity contribution in [3.05, 3.63) is 52.0 Å². The van der Waals surface area contributed by atoms with Gasteiger partial charge in [-0.25, -0.2) is 0 Å². The summed E-state index contributed by atoms with van der Waals surface area (Å²) in [6, 6.07) is 4.01. The Morgan fingerprint density at radius 2 is 1.77 bits per heavy atom. The summed E-state index contributed by atoms with van der Waals surface area (Å²) in [7, 11) is 1.90. The van der Waals surface area contributed by atoms with Crippen LogP contribution in [0.1, 0.15) is 38.4 Å². The summed E-state index contributed by atoms with van der Waals surface area (Å²) in [5.41, 5.74) is 6.18. The predicted octanol–water partition coefficient (Wildman–Crippen LogP) is 4.59. The van der Waals surface area contributed by atoms with Gasteiger partial charge < -0.3 is 8.98 Å². The molecule has 0 saturated heterocycles. The fraction of sp³-hybridized carbons (Fsp3) is 0.350. The topological polar surface area (TPSA) is 60.9 Å². The standard InChI is InChI=1S/C20H23N3O2S/c1-11-9-12(2)14(4)18(13(11)3)17(24)10-26-20-22-21-19(23(20)6)16-7-8-25-15(16)5/h7-9H,10H2,1-6H3. The summed E-state index contributed by atoms with van der Waals surface area (Å²) in [6.45, 7) is 10.0. The molecule has 136 valence electrons. The monoisotopic (exact) mass is 369 g/mol. The van der Waals surface area contributed by atoms with Gasteiger partial charge >= 0.3 is 0 Å². The molecule has 0 amide bonds. The molecule has 0 atom stereocenters. The molecule has 2 aromatic heterocycles. The second-order valence-corrected chi connectivity index (χ2v) is 7.55. The highest BCUT2D eigenvalue weighted by atomic mass is 32.2. The maximum Gasteiger partial charge on any atom is 0.191 e. The van der Waals surface area contributed by atoms with E-state index in [-0.39, 0.29) is 5.78 Å². The van der Waals surface area contributed by atoms with Crippen molar-refractivity contribution in [2.45, 2.75) is 39.8 Å². The Hall–Kier alpha value is -2.34. The van der Waals surface area contributed by atoms with E-state index in [0.717, 1.165) is 45.0 Å². The number of aromatic nitrogens is 3. The van der Waals surface area contributed by atoms with E-state index in [1.54, 1.807) is 6.26 Å². The Labute approximate surface area is 157 Å². The third-order valence-electron chi connectivity index (χ3n) is 4.91. The number of furan rings is 1. The van der Waals surface area contributed by atoms with Crippen molar-refractivity contribution in [2.75, 3.05) is 5.75 Å². The minimum atomic E-state index is 0.126. The van der Waals surface area contributed by atoms with E-state index >= 15 is 0 Å². The summed E-state index contributed by atoms with van der Waals surface area (Å²) >= 11 is 1.41. The molecule has 0 radical (unpaired) electrons. The summed E-state index contributed by atoms with van der Waals surface area (Å²) in [5.74, 6) is 2.00. The Morgan fingerprint density at radius 1 is 1.12 bits per heavy atom. The molecule has 0 N–H and O–H groups in total. The van der Waals surface area contributed by atoms with Crippen LogP contribution in [-0.4, -0.2) is 26.3 Å². The van der Waals surface area contributed by atoms with Crippen LogP contribution in [0.4, 0.5) is 0 Å². The maximum atomic E-state index is 12.9. The zero-order valence-electron chi connectivity index (χ0n) is 16.0. The average molecular weight is 369 g/mol. The van der Waals surface area contributed by atoms with Gasteiger partial charge in [0.2, 0.25) is 0 Å². The molecule has 0 aliphatic rings. The number of ketones is 1. The number of carbonyl (C=O) groups excluding carboxylic acids is 1. The van der Waals surface area contributed by atoms with E-state index < -0.39 is 0 Å². The number of rotatable bonds is 5. The fourth-order valence-corrected chi connectivity index (χ4v) is 3.91. The van der Waals surface area contributed by atoms with E-state index in [1.807, 2.05) is 52.3 Å². The zero-order chi connectivity index (χ0) is 19.0. The molecule has 0 aliphatic heterocycles. The predicted molar refractivity (Wildman–Crippen MR) is 104 cm³/mol. The highest BCUT2D eigenvalue weighted by Gasteiger charge is 2.19. The molecule has 6 heteroatoms. The molecule has 2 heterocycles. The van der Waals surface area contributed by atoms with Crippen LogP contribution in [-0.2, 0) is 7.05 Å². The van der Waals surface area contributed by atoms with Gasteiger partial charge in [0.05, 0.1) is 17.6 Å². The Balaban J connectivity index is 1.82. The first-order valence-electron chi connectivity index (χ1n) is 8.48. The third kappa shape index (κ3) is 3.21. The van der Waals surface area contributed by atoms with Crippen molar-refractivity contribution in [3.8, 4) is 11.4 Å². The summed E-state index contributed by atoms with van der Waals surface area (Å²) in [5, 5.41) is 9.21. The molecule has 0 saturated carbocycles. The van der Waals surface area contributed by atoms with Crippen molar-refractivity contribution in [3.63, 3.8) is 0 Å². The van der Waals surface area contributed by atoms with Crippen LogP contribution in [0, 0.1) is 34.6 Å². The van der Waals surface area contributed by atoms with Crippen molar-refractivity contribution in [2.24, 2.45) is 7.05 Å². The number of carbonyl (C=O) groups is 1. The molecule has 0 fully saturated rings. The highest BCUT2D eigenvalue weighted by molar-refractivity contribution is 7.99. The highest BCUT2D eigenvalue weighted by Crippen LogP contribution is 2.28. The van der Waals surface area contributed by atoms with Crippen LogP contribution in [0.25, 0.3) is 11.4 Å². The van der Waals surface area contributed by atoms with Gasteiger partial charge in [-0.05, 0) is 62.9 Å². The minimum Gasteiger partial charge on any atom is -0.469 e. The Bertz CT molecular complexity index is 959. The number of benzene rings is 1. The SMILES string of the molecule is Cc1cc(C)c(C)c(C(=O)CSc2nnc(-c3ccoc3C)n2C)c1C. The van der Waals surface area contributed by atoms with Gasteiger partial charge in [-0.3, -0.25) is 4.79 Å². The molecule has 3 rings (SSSR count). The van der Waals surface area contributed by atoms with Crippen LogP contribution in [0.2, 0.25) is 0 Å². The van der Waals surface area contributed by atoms with E-state index in [2.05, 4.69) is 16.3 Å². The Morgan fingerprint density at radius 3 is 2.35 bits per heavy atom. The molecule has 26 heavy (non-hydrogen) atoms. The van der Waals surface area contributed by atoms with Gasteiger partial charge in [-0.1, -0.05) is 17.8 Å². The molecular weight excluding hydrogens is 346 g/mol. The van der Waals surface area contributed by atoms with Gasteiger partial charge in [0.1, 0.15) is 5.76 Å². The van der Waals surface area contributed by atoms with E-state index in [0.29, 0.717) is 10.9 Å². The van der Waals surface area contributed by atoms with Crippen molar-refractivity contribution in [1.82, 2.24) is 14.8 Å². The van der Waals surface area contributed by atoms with E-state index in [1.165, 1.54) is 11.8 Å². The number of hydrogen-bond acceptors (Lipinski definition) is 5. The molecule has 0 unspecified atom stereocenters. The number of thioether (sulfide) groups is 1. The Kier molecular flexibility index (Phi) is 5.05. The second kappa shape index (κ2) is 7.11. The minimum absolute atomic E-state index is 0.126. The molecule has 5 nitrogen and oxygen atoms in total. The largest absolute Gasteiger partial charge is 0.469 e. The number of Topliss-reactive ketones (excluding diaryl/α,β-unsaturated/α-hetero) is 1. The first-order valence-corrected chi connectivity index (χ1v) is 9.47. The summed E-state index contributed by atoms with van der Waals surface area (Å²) in [4.78, 5) is 12.9. The lowest BCUT2D eigenvalue weighted by molar-refractivity contribution is 0.102. The normalized spacial score (nSPS) is 11.2. The van der Waals surface area contributed by atoms with E-state index in [9.17, 15) is 4.79 Å². The molecular formula is C20H23N3O2S. The van der Waals surface area contributed by atoms with Gasteiger partial charge in [-0.15, -0.1) is 10.2 Å². The molecule has 0 spiro atoms. The smallest absolute Gasteiger partial charge is 0.191 e. The molecule has 0 bridgehead atoms. The zero-order valence-corrected chi connectivity index (χ0v) is 16.8. The quantitative estimate of drug-likeness (QED) is 0.486. The van der Waals surface area contributed by atoms with Gasteiger partial charge in [-0.2, -0.15) is 0 Å². The summed E-state index contributed by atoms with van der Waals surface area (Å²) < 4.78 is 7.25. The van der Waals surface area contributed by atoms with Gasteiger partial charge in [0.25, 0.3) is 0 Å². The first kappa shape index (κ1) is 18.5. The van der Waals surface area contributed by atoms with Crippen LogP contribution in [0.5, 0.6) is 0 Å². The van der Waals surface area contributed by atoms with Crippen molar-refractivity contribution >= 4 is 17.5 Å². The third-order valence-corrected chi connectivity index (χ3v) is 5.93. The second-order valence-electron chi connectivity index (χ2n) is 6.60. The maximum absolute atomic E-state index is 12.9. The number of nitrogens with zero attached hydrogens (tertiary/aromatic N) is 3. The van der Waals surface area contributed by atoms with Crippen LogP contribution >= 0.6 is 11.8 Å². The lowest BCUT2D eigenvalue weighted by Crippen LogP contribution is -2.10. The number of aryl methyl sites for hydroxylation is 3. The van der Waals surface area contributed by atoms with Gasteiger partial charge in [0.15, 0.2) is 16.8 Å². The lowest BCUT2D eigenvalue weighted by atomic mass is 9.92. The number of hydrogen-bond donors (Lipinski definition) is 0. The van der Waals surface area contributed by atoms with Gasteiger partial charge in [0, 0.05) is 12.6 Å². The van der Waals surface area contributed by atoms with E-state index in [4.69, 9.17) is 4.42 Å². The molecule has 3 aromatic rings. The first-order chi connectivity index (χ1) is 12.3. The molecule has 0 aliphatic carbocycles. The van der Waals surface area contributed by atoms with Crippen LogP contribution in [0.15, 0.2) is 28.0 Å². The fourth-order valence-electron chi connectivity index (χ4n) is 3.13. The summed E-state index contributed by atoms with van der Waals surface area (Å²) in [6.07, 6.45) is 1.64. The van der Waals surface area contributed by atoms with Crippen LogP contribution < -0.4 is 0 Å². The average Bonchev–Trinajstić information content (AvgIpc) is 3.17. The van der Waals surface area contributed by atoms with Crippen molar-refractivity contribution < 1.29 is 9.21 Å². The van der Waals surface area contributed by atoms with Crippen molar-refractivity contribution in [1.29, 1.82) is 0 Å². The lowest BCUT2D eigenvalue weighted by Gasteiger charge is -2.14. The molecule has 1 aromatic carbocycles. The van der Waals surface area contributed by atoms with Crippen LogP contribution in [0.3, 0.4) is 0 Å².